The fourth-order valence-corrected chi connectivity index (χ4v) is 0.186. The first-order valence-electron chi connectivity index (χ1n) is 2.65. The van der Waals surface area contributed by atoms with Gasteiger partial charge in [-0.05, 0) is 0 Å². The molecule has 0 spiro atoms. The van der Waals surface area contributed by atoms with E-state index in [1.165, 1.54) is 5.16 Å². The Kier molecular flexibility index (Phi) is 5.81. The van der Waals surface area contributed by atoms with E-state index >= 15 is 0 Å². The molecule has 0 N–H and O–H groups in total. The standard InChI is InChI=1S/C4HF6NO3.Li/c5-3(6,7)1(12)11-14-2(13)4(8,9)10;/h(H,11,12);/q;+1/p-1. The fourth-order valence-electron chi connectivity index (χ4n) is 0.186. The summed E-state index contributed by atoms with van der Waals surface area (Å²) in [5.41, 5.74) is 0. The van der Waals surface area contributed by atoms with Gasteiger partial charge in [-0.15, -0.1) is 0 Å². The summed E-state index contributed by atoms with van der Waals surface area (Å²) in [6.07, 6.45) is -11.0. The van der Waals surface area contributed by atoms with E-state index in [1.54, 1.807) is 0 Å². The Morgan fingerprint density at radius 3 is 1.73 bits per heavy atom. The minimum absolute atomic E-state index is 0. The second-order valence-corrected chi connectivity index (χ2v) is 1.77. The number of nitrogens with zero attached hydrogens (tertiary/aromatic N) is 1. The Balaban J connectivity index is 0. The molecule has 0 aliphatic carbocycles. The van der Waals surface area contributed by atoms with Crippen molar-refractivity contribution in [3.05, 3.63) is 0 Å². The molecule has 0 atom stereocenters. The van der Waals surface area contributed by atoms with E-state index in [-0.39, 0.29) is 18.9 Å². The van der Waals surface area contributed by atoms with Crippen molar-refractivity contribution in [2.45, 2.75) is 12.4 Å². The quantitative estimate of drug-likeness (QED) is 0.123. The van der Waals surface area contributed by atoms with Crippen LogP contribution in [0.2, 0.25) is 0 Å². The number of hydrogen-bond acceptors (Lipinski definition) is 4. The van der Waals surface area contributed by atoms with Crippen LogP contribution < -0.4 is 24.0 Å². The molecule has 0 unspecified atom stereocenters. The second-order valence-electron chi connectivity index (χ2n) is 1.77. The first-order chi connectivity index (χ1) is 6.05. The smallest absolute Gasteiger partial charge is 0.853 e. The van der Waals surface area contributed by atoms with Gasteiger partial charge in [0.2, 0.25) is 0 Å². The topological polar surface area (TPSA) is 61.7 Å². The predicted octanol–water partition coefficient (Wildman–Crippen LogP) is -2.67. The van der Waals surface area contributed by atoms with Gasteiger partial charge in [-0.25, -0.2) is 4.79 Å². The van der Waals surface area contributed by atoms with E-state index in [0.717, 1.165) is 0 Å². The first kappa shape index (κ1) is 16.5. The molecule has 0 fully saturated rings. The Labute approximate surface area is 90.0 Å². The molecule has 0 rings (SSSR count). The zero-order valence-electron chi connectivity index (χ0n) is 6.94. The molecule has 0 aromatic rings. The summed E-state index contributed by atoms with van der Waals surface area (Å²) in [4.78, 5) is 12.4. The molecular formula is C4F6LiNO3. The Hall–Kier alpha value is -0.883. The van der Waals surface area contributed by atoms with Crippen LogP contribution in [0.25, 0.3) is 0 Å². The molecule has 4 nitrogen and oxygen atoms in total. The van der Waals surface area contributed by atoms with Gasteiger partial charge in [0, 0.05) is 0 Å². The summed E-state index contributed by atoms with van der Waals surface area (Å²) in [5, 5.41) is 11.2. The number of rotatable bonds is 1. The number of carbonyl (C=O) groups is 1. The average molecular weight is 231 g/mol. The minimum atomic E-state index is -5.50. The fraction of sp³-hybridized carbons (Fsp3) is 0.500. The van der Waals surface area contributed by atoms with Gasteiger partial charge in [-0.3, -0.25) is 0 Å². The van der Waals surface area contributed by atoms with Crippen LogP contribution in [-0.4, -0.2) is 24.2 Å². The van der Waals surface area contributed by atoms with E-state index < -0.39 is 24.2 Å². The van der Waals surface area contributed by atoms with Crippen molar-refractivity contribution in [1.82, 2.24) is 0 Å². The minimum Gasteiger partial charge on any atom is -0.853 e. The SMILES string of the molecule is O=C(ON=C([O-])C(F)(F)F)C(F)(F)F.[Li+]. The summed E-state index contributed by atoms with van der Waals surface area (Å²) >= 11 is 0. The Morgan fingerprint density at radius 1 is 1.07 bits per heavy atom. The molecule has 0 aliphatic rings. The number of alkyl halides is 6. The second kappa shape index (κ2) is 5.27. The van der Waals surface area contributed by atoms with E-state index in [1.807, 2.05) is 0 Å². The zero-order chi connectivity index (χ0) is 11.6. The van der Waals surface area contributed by atoms with Crippen molar-refractivity contribution in [3.8, 4) is 0 Å². The van der Waals surface area contributed by atoms with Gasteiger partial charge < -0.3 is 9.94 Å². The van der Waals surface area contributed by atoms with Crippen molar-refractivity contribution in [3.63, 3.8) is 0 Å². The zero-order valence-corrected chi connectivity index (χ0v) is 6.94. The van der Waals surface area contributed by atoms with Crippen LogP contribution in [0.1, 0.15) is 0 Å². The number of carbonyl (C=O) groups excluding carboxylic acids is 1. The average Bonchev–Trinajstić information content (AvgIpc) is 1.95. The molecule has 0 heterocycles. The molecule has 82 valence electrons. The molecule has 11 heteroatoms. The van der Waals surface area contributed by atoms with Crippen LogP contribution in [0.4, 0.5) is 26.3 Å². The van der Waals surface area contributed by atoms with Crippen molar-refractivity contribution >= 4 is 11.9 Å². The number of oxime groups is 1. The largest absolute Gasteiger partial charge is 1.00 e. The maximum atomic E-state index is 11.3. The third-order valence-electron chi connectivity index (χ3n) is 0.685. The molecule has 0 saturated heterocycles. The molecule has 0 amide bonds. The van der Waals surface area contributed by atoms with Crippen LogP contribution in [0.5, 0.6) is 0 Å². The van der Waals surface area contributed by atoms with Crippen LogP contribution in [0.15, 0.2) is 5.16 Å². The van der Waals surface area contributed by atoms with Crippen LogP contribution in [0, 0.1) is 0 Å². The van der Waals surface area contributed by atoms with E-state index in [9.17, 15) is 36.2 Å². The molecule has 0 aromatic heterocycles. The summed E-state index contributed by atoms with van der Waals surface area (Å²) < 4.78 is 67.6. The molecule has 0 bridgehead atoms. The van der Waals surface area contributed by atoms with E-state index in [0.29, 0.717) is 0 Å². The monoisotopic (exact) mass is 231 g/mol. The maximum absolute atomic E-state index is 11.3. The van der Waals surface area contributed by atoms with Gasteiger partial charge >= 0.3 is 37.2 Å². The van der Waals surface area contributed by atoms with Gasteiger partial charge in [0.05, 0.1) is 0 Å². The first-order valence-corrected chi connectivity index (χ1v) is 2.65. The van der Waals surface area contributed by atoms with Gasteiger partial charge in [0.25, 0.3) is 0 Å². The molecule has 0 aromatic carbocycles. The summed E-state index contributed by atoms with van der Waals surface area (Å²) in [7, 11) is 0. The van der Waals surface area contributed by atoms with Crippen LogP contribution in [-0.2, 0) is 9.63 Å². The molecule has 0 saturated carbocycles. The van der Waals surface area contributed by atoms with Crippen molar-refractivity contribution in [2.24, 2.45) is 5.16 Å². The third kappa shape index (κ3) is 6.24. The molecule has 0 aliphatic heterocycles. The molecule has 15 heavy (non-hydrogen) atoms. The Morgan fingerprint density at radius 2 is 1.47 bits per heavy atom. The van der Waals surface area contributed by atoms with Gasteiger partial charge in [0.15, 0.2) is 0 Å². The van der Waals surface area contributed by atoms with Crippen LogP contribution >= 0.6 is 0 Å². The Bertz CT molecular complexity index is 258. The normalized spacial score (nSPS) is 13.1. The molecule has 0 radical (unpaired) electrons. The molecular weight excluding hydrogens is 231 g/mol. The number of halogens is 6. The summed E-state index contributed by atoms with van der Waals surface area (Å²) in [6.45, 7) is 0. The van der Waals surface area contributed by atoms with Gasteiger partial charge in [0.1, 0.15) is 5.90 Å². The predicted molar refractivity (Wildman–Crippen MR) is 25.6 cm³/mol. The van der Waals surface area contributed by atoms with Crippen LogP contribution in [0.3, 0.4) is 0 Å². The van der Waals surface area contributed by atoms with Crippen molar-refractivity contribution in [1.29, 1.82) is 0 Å². The van der Waals surface area contributed by atoms with E-state index in [2.05, 4.69) is 4.84 Å². The summed E-state index contributed by atoms with van der Waals surface area (Å²) in [5.74, 6) is -5.94. The summed E-state index contributed by atoms with van der Waals surface area (Å²) in [6, 6.07) is 0. The van der Waals surface area contributed by atoms with Crippen molar-refractivity contribution in [2.75, 3.05) is 0 Å². The maximum Gasteiger partial charge on any atom is 1.00 e. The van der Waals surface area contributed by atoms with Gasteiger partial charge in [-0.1, -0.05) is 5.16 Å². The van der Waals surface area contributed by atoms with E-state index in [4.69, 9.17) is 0 Å². The third-order valence-corrected chi connectivity index (χ3v) is 0.685. The number of hydrogen-bond donors (Lipinski definition) is 0. The van der Waals surface area contributed by atoms with Gasteiger partial charge in [-0.2, -0.15) is 26.3 Å². The van der Waals surface area contributed by atoms with Crippen molar-refractivity contribution < 1.29 is 59.9 Å².